The normalized spacial score (nSPS) is 19.1. The first-order valence-corrected chi connectivity index (χ1v) is 10.3. The van der Waals surface area contributed by atoms with E-state index in [-0.39, 0.29) is 11.8 Å². The average Bonchev–Trinajstić information content (AvgIpc) is 3.28. The summed E-state index contributed by atoms with van der Waals surface area (Å²) in [6.07, 6.45) is 3.18. The van der Waals surface area contributed by atoms with Crippen LogP contribution in [0.25, 0.3) is 10.1 Å². The van der Waals surface area contributed by atoms with Crippen molar-refractivity contribution in [2.75, 3.05) is 45.8 Å². The molecule has 2 fully saturated rings. The van der Waals surface area contributed by atoms with Crippen LogP contribution in [0.2, 0.25) is 0 Å². The molecular formula is C20H25N3O2S. The monoisotopic (exact) mass is 371 g/mol. The Labute approximate surface area is 158 Å². The van der Waals surface area contributed by atoms with Gasteiger partial charge in [0.2, 0.25) is 5.91 Å². The number of hydrogen-bond acceptors (Lipinski definition) is 4. The lowest BCUT2D eigenvalue weighted by Crippen LogP contribution is -2.41. The molecule has 0 N–H and O–H groups in total. The molecule has 1 aromatic carbocycles. The van der Waals surface area contributed by atoms with Crippen LogP contribution in [-0.2, 0) is 4.79 Å². The Morgan fingerprint density at radius 1 is 0.885 bits per heavy atom. The number of hydrogen-bond donors (Lipinski definition) is 0. The summed E-state index contributed by atoms with van der Waals surface area (Å²) in [6, 6.07) is 10.1. The fraction of sp³-hybridized carbons (Fsp3) is 0.500. The second-order valence-corrected chi connectivity index (χ2v) is 8.24. The molecule has 5 nitrogen and oxygen atoms in total. The van der Waals surface area contributed by atoms with Crippen molar-refractivity contribution in [2.45, 2.75) is 19.3 Å². The summed E-state index contributed by atoms with van der Waals surface area (Å²) in [6.45, 7) is 5.42. The van der Waals surface area contributed by atoms with Crippen LogP contribution in [0.4, 0.5) is 0 Å². The highest BCUT2D eigenvalue weighted by molar-refractivity contribution is 7.20. The predicted molar refractivity (Wildman–Crippen MR) is 105 cm³/mol. The number of thiophene rings is 1. The first-order valence-electron chi connectivity index (χ1n) is 9.49. The molecule has 1 aromatic heterocycles. The van der Waals surface area contributed by atoms with Gasteiger partial charge in [-0.2, -0.15) is 0 Å². The maximum Gasteiger partial charge on any atom is 0.264 e. The van der Waals surface area contributed by atoms with Crippen LogP contribution in [0.15, 0.2) is 30.3 Å². The fourth-order valence-corrected chi connectivity index (χ4v) is 4.86. The summed E-state index contributed by atoms with van der Waals surface area (Å²) < 4.78 is 1.16. The van der Waals surface area contributed by atoms with Crippen LogP contribution in [0.1, 0.15) is 28.9 Å². The molecule has 2 aromatic rings. The van der Waals surface area contributed by atoms with E-state index in [2.05, 4.69) is 17.0 Å². The molecule has 0 unspecified atom stereocenters. The SMILES string of the molecule is O=C(CN1CCCN(C(=O)c2cc3ccccc3s2)CC1)N1CCCC1. The van der Waals surface area contributed by atoms with E-state index >= 15 is 0 Å². The maximum atomic E-state index is 12.9. The Balaban J connectivity index is 1.36. The molecule has 3 heterocycles. The van der Waals surface area contributed by atoms with Crippen LogP contribution >= 0.6 is 11.3 Å². The lowest BCUT2D eigenvalue weighted by atomic mass is 10.2. The van der Waals surface area contributed by atoms with Gasteiger partial charge in [-0.05, 0) is 36.8 Å². The third-order valence-electron chi connectivity index (χ3n) is 5.33. The molecule has 2 aliphatic heterocycles. The van der Waals surface area contributed by atoms with Crippen LogP contribution in [-0.4, -0.2) is 72.3 Å². The van der Waals surface area contributed by atoms with Crippen molar-refractivity contribution in [1.82, 2.24) is 14.7 Å². The maximum absolute atomic E-state index is 12.9. The number of nitrogens with zero attached hydrogens (tertiary/aromatic N) is 3. The van der Waals surface area contributed by atoms with E-state index in [1.54, 1.807) is 11.3 Å². The second kappa shape index (κ2) is 7.76. The topological polar surface area (TPSA) is 43.9 Å². The molecule has 0 atom stereocenters. The smallest absolute Gasteiger partial charge is 0.264 e. The zero-order valence-electron chi connectivity index (χ0n) is 15.0. The van der Waals surface area contributed by atoms with Gasteiger partial charge in [0.25, 0.3) is 5.91 Å². The van der Waals surface area contributed by atoms with Gasteiger partial charge in [0.1, 0.15) is 0 Å². The first-order chi connectivity index (χ1) is 12.7. The quantitative estimate of drug-likeness (QED) is 0.833. The number of likely N-dealkylation sites (tertiary alicyclic amines) is 1. The highest BCUT2D eigenvalue weighted by Gasteiger charge is 2.25. The Hall–Kier alpha value is -1.92. The minimum Gasteiger partial charge on any atom is -0.342 e. The molecule has 0 bridgehead atoms. The van der Waals surface area contributed by atoms with Gasteiger partial charge < -0.3 is 9.80 Å². The molecular weight excluding hydrogens is 346 g/mol. The molecule has 0 aliphatic carbocycles. The van der Waals surface area contributed by atoms with Gasteiger partial charge in [-0.15, -0.1) is 11.3 Å². The third-order valence-corrected chi connectivity index (χ3v) is 6.43. The summed E-state index contributed by atoms with van der Waals surface area (Å²) in [4.78, 5) is 32.2. The number of fused-ring (bicyclic) bond motifs is 1. The zero-order chi connectivity index (χ0) is 17.9. The predicted octanol–water partition coefficient (Wildman–Crippen LogP) is 2.67. The molecule has 6 heteroatoms. The Bertz CT molecular complexity index is 764. The van der Waals surface area contributed by atoms with Crippen molar-refractivity contribution in [1.29, 1.82) is 0 Å². The Kier molecular flexibility index (Phi) is 5.22. The largest absolute Gasteiger partial charge is 0.342 e. The molecule has 0 saturated carbocycles. The Morgan fingerprint density at radius 3 is 2.46 bits per heavy atom. The van der Waals surface area contributed by atoms with Crippen molar-refractivity contribution in [3.8, 4) is 0 Å². The lowest BCUT2D eigenvalue weighted by Gasteiger charge is -2.23. The minimum absolute atomic E-state index is 0.124. The molecule has 138 valence electrons. The molecule has 2 saturated heterocycles. The summed E-state index contributed by atoms with van der Waals surface area (Å²) in [5.74, 6) is 0.366. The standard InChI is InChI=1S/C20H25N3O2S/c24-19(22-9-3-4-10-22)15-21-8-5-11-23(13-12-21)20(25)18-14-16-6-1-2-7-17(16)26-18/h1-2,6-7,14H,3-5,8-13,15H2. The summed E-state index contributed by atoms with van der Waals surface area (Å²) in [5, 5.41) is 1.13. The summed E-state index contributed by atoms with van der Waals surface area (Å²) in [5.41, 5.74) is 0. The number of carbonyl (C=O) groups excluding carboxylic acids is 2. The summed E-state index contributed by atoms with van der Waals surface area (Å²) in [7, 11) is 0. The second-order valence-electron chi connectivity index (χ2n) is 7.16. The highest BCUT2D eigenvalue weighted by Crippen LogP contribution is 2.26. The van der Waals surface area contributed by atoms with Gasteiger partial charge in [0, 0.05) is 44.0 Å². The van der Waals surface area contributed by atoms with Gasteiger partial charge in [-0.3, -0.25) is 14.5 Å². The van der Waals surface area contributed by atoms with Crippen molar-refractivity contribution in [2.24, 2.45) is 0 Å². The molecule has 2 amide bonds. The number of benzene rings is 1. The number of carbonyl (C=O) groups is 2. The van der Waals surface area contributed by atoms with E-state index in [4.69, 9.17) is 0 Å². The van der Waals surface area contributed by atoms with Crippen LogP contribution in [0, 0.1) is 0 Å². The lowest BCUT2D eigenvalue weighted by molar-refractivity contribution is -0.131. The average molecular weight is 372 g/mol. The zero-order valence-corrected chi connectivity index (χ0v) is 15.8. The van der Waals surface area contributed by atoms with E-state index < -0.39 is 0 Å². The van der Waals surface area contributed by atoms with E-state index in [1.165, 1.54) is 0 Å². The van der Waals surface area contributed by atoms with Crippen molar-refractivity contribution >= 4 is 33.2 Å². The van der Waals surface area contributed by atoms with E-state index in [0.29, 0.717) is 13.1 Å². The van der Waals surface area contributed by atoms with E-state index in [1.807, 2.05) is 28.0 Å². The van der Waals surface area contributed by atoms with Gasteiger partial charge in [0.05, 0.1) is 11.4 Å². The molecule has 0 radical (unpaired) electrons. The molecule has 4 rings (SSSR count). The van der Waals surface area contributed by atoms with Gasteiger partial charge >= 0.3 is 0 Å². The minimum atomic E-state index is 0.124. The number of amides is 2. The van der Waals surface area contributed by atoms with E-state index in [0.717, 1.165) is 66.9 Å². The fourth-order valence-electron chi connectivity index (χ4n) is 3.83. The summed E-state index contributed by atoms with van der Waals surface area (Å²) >= 11 is 1.57. The van der Waals surface area contributed by atoms with Crippen LogP contribution in [0.3, 0.4) is 0 Å². The van der Waals surface area contributed by atoms with Crippen LogP contribution in [0.5, 0.6) is 0 Å². The number of rotatable bonds is 3. The van der Waals surface area contributed by atoms with E-state index in [9.17, 15) is 9.59 Å². The first kappa shape index (κ1) is 17.5. The van der Waals surface area contributed by atoms with Crippen LogP contribution < -0.4 is 0 Å². The molecule has 2 aliphatic rings. The van der Waals surface area contributed by atoms with Crippen molar-refractivity contribution in [3.05, 3.63) is 35.2 Å². The highest BCUT2D eigenvalue weighted by atomic mass is 32.1. The third kappa shape index (κ3) is 3.76. The van der Waals surface area contributed by atoms with Crippen molar-refractivity contribution < 1.29 is 9.59 Å². The van der Waals surface area contributed by atoms with Crippen molar-refractivity contribution in [3.63, 3.8) is 0 Å². The van der Waals surface area contributed by atoms with Gasteiger partial charge in [0.15, 0.2) is 0 Å². The van der Waals surface area contributed by atoms with Gasteiger partial charge in [-0.1, -0.05) is 18.2 Å². The van der Waals surface area contributed by atoms with Gasteiger partial charge in [-0.25, -0.2) is 0 Å². The molecule has 26 heavy (non-hydrogen) atoms. The Morgan fingerprint density at radius 2 is 1.65 bits per heavy atom. The molecule has 0 spiro atoms.